The Labute approximate surface area is 126 Å². The molecule has 2 rings (SSSR count). The average molecular weight is 292 g/mol. The molecule has 4 heteroatoms. The molecule has 2 aromatic rings. The second-order valence-electron chi connectivity index (χ2n) is 5.13. The van der Waals surface area contributed by atoms with Crippen molar-refractivity contribution in [3.05, 3.63) is 52.3 Å². The van der Waals surface area contributed by atoms with Gasteiger partial charge in [-0.25, -0.2) is 0 Å². The molecule has 0 aliphatic rings. The summed E-state index contributed by atoms with van der Waals surface area (Å²) in [5.41, 5.74) is 3.33. The highest BCUT2D eigenvalue weighted by molar-refractivity contribution is 6.31. The van der Waals surface area contributed by atoms with E-state index < -0.39 is 0 Å². The second-order valence-corrected chi connectivity index (χ2v) is 5.51. The molecule has 1 unspecified atom stereocenters. The van der Waals surface area contributed by atoms with Gasteiger partial charge in [0.15, 0.2) is 0 Å². The van der Waals surface area contributed by atoms with E-state index in [-0.39, 0.29) is 0 Å². The number of aromatic nitrogens is 2. The summed E-state index contributed by atoms with van der Waals surface area (Å²) in [7, 11) is 0. The summed E-state index contributed by atoms with van der Waals surface area (Å²) >= 11 is 6.31. The van der Waals surface area contributed by atoms with Gasteiger partial charge < -0.3 is 5.32 Å². The lowest BCUT2D eigenvalue weighted by molar-refractivity contribution is 0.514. The van der Waals surface area contributed by atoms with Crippen molar-refractivity contribution in [1.29, 1.82) is 0 Å². The fourth-order valence-corrected chi connectivity index (χ4v) is 2.55. The lowest BCUT2D eigenvalue weighted by atomic mass is 10.1. The van der Waals surface area contributed by atoms with Crippen molar-refractivity contribution in [3.8, 4) is 0 Å². The summed E-state index contributed by atoms with van der Waals surface area (Å²) in [5.74, 6) is 0. The average Bonchev–Trinajstić information content (AvgIpc) is 2.73. The van der Waals surface area contributed by atoms with Crippen LogP contribution in [0.5, 0.6) is 0 Å². The maximum absolute atomic E-state index is 6.31. The maximum Gasteiger partial charge on any atom is 0.0860 e. The minimum Gasteiger partial charge on any atom is -0.308 e. The van der Waals surface area contributed by atoms with Crippen LogP contribution < -0.4 is 5.32 Å². The lowest BCUT2D eigenvalue weighted by Gasteiger charge is -2.14. The lowest BCUT2D eigenvalue weighted by Crippen LogP contribution is -2.28. The fraction of sp³-hybridized carbons (Fsp3) is 0.438. The van der Waals surface area contributed by atoms with Crippen molar-refractivity contribution in [2.45, 2.75) is 46.3 Å². The van der Waals surface area contributed by atoms with Crippen molar-refractivity contribution in [1.82, 2.24) is 15.1 Å². The number of aryl methyl sites for hydroxylation is 2. The summed E-state index contributed by atoms with van der Waals surface area (Å²) in [6, 6.07) is 10.9. The van der Waals surface area contributed by atoms with E-state index >= 15 is 0 Å². The van der Waals surface area contributed by atoms with Crippen molar-refractivity contribution < 1.29 is 0 Å². The van der Waals surface area contributed by atoms with E-state index in [9.17, 15) is 0 Å². The fourth-order valence-electron chi connectivity index (χ4n) is 2.35. The van der Waals surface area contributed by atoms with Crippen LogP contribution in [0.4, 0.5) is 0 Å². The number of nitrogens with zero attached hydrogens (tertiary/aromatic N) is 2. The van der Waals surface area contributed by atoms with Crippen molar-refractivity contribution in [2.24, 2.45) is 0 Å². The van der Waals surface area contributed by atoms with Crippen LogP contribution in [0, 0.1) is 6.92 Å². The van der Waals surface area contributed by atoms with Gasteiger partial charge in [0.2, 0.25) is 0 Å². The molecular formula is C16H22ClN3. The number of hydrogen-bond donors (Lipinski definition) is 1. The van der Waals surface area contributed by atoms with Gasteiger partial charge in [0.1, 0.15) is 0 Å². The molecule has 1 aromatic carbocycles. The number of nitrogens with one attached hydrogen (secondary N) is 1. The molecular weight excluding hydrogens is 270 g/mol. The first-order valence-electron chi connectivity index (χ1n) is 7.11. The molecule has 0 amide bonds. The number of benzene rings is 1. The molecule has 1 N–H and O–H groups in total. The number of halogens is 1. The van der Waals surface area contributed by atoms with Crippen molar-refractivity contribution in [3.63, 3.8) is 0 Å². The molecule has 0 bridgehead atoms. The molecule has 108 valence electrons. The van der Waals surface area contributed by atoms with E-state index in [1.807, 2.05) is 17.7 Å². The van der Waals surface area contributed by atoms with E-state index in [2.05, 4.69) is 48.5 Å². The Morgan fingerprint density at radius 2 is 2.00 bits per heavy atom. The predicted molar refractivity (Wildman–Crippen MR) is 84.1 cm³/mol. The van der Waals surface area contributed by atoms with Crippen LogP contribution in [-0.4, -0.2) is 15.8 Å². The number of hydrogen-bond acceptors (Lipinski definition) is 2. The van der Waals surface area contributed by atoms with Gasteiger partial charge >= 0.3 is 0 Å². The zero-order valence-electron chi connectivity index (χ0n) is 12.4. The van der Waals surface area contributed by atoms with Gasteiger partial charge in [-0.3, -0.25) is 4.68 Å². The summed E-state index contributed by atoms with van der Waals surface area (Å²) in [5, 5.41) is 8.75. The van der Waals surface area contributed by atoms with E-state index in [1.165, 1.54) is 5.56 Å². The van der Waals surface area contributed by atoms with Crippen LogP contribution in [0.1, 0.15) is 30.8 Å². The first kappa shape index (κ1) is 15.1. The molecule has 0 aliphatic carbocycles. The van der Waals surface area contributed by atoms with E-state index in [0.717, 1.165) is 35.9 Å². The normalized spacial score (nSPS) is 12.6. The summed E-state index contributed by atoms with van der Waals surface area (Å²) < 4.78 is 1.97. The van der Waals surface area contributed by atoms with Crippen LogP contribution in [0.3, 0.4) is 0 Å². The highest BCUT2D eigenvalue weighted by Gasteiger charge is 2.13. The third kappa shape index (κ3) is 3.62. The Kier molecular flexibility index (Phi) is 5.21. The Hall–Kier alpha value is -1.32. The Morgan fingerprint density at radius 3 is 2.65 bits per heavy atom. The van der Waals surface area contributed by atoms with Crippen LogP contribution in [0.2, 0.25) is 5.02 Å². The van der Waals surface area contributed by atoms with Crippen LogP contribution >= 0.6 is 11.6 Å². The van der Waals surface area contributed by atoms with Crippen LogP contribution in [0.15, 0.2) is 30.3 Å². The SMILES string of the molecule is CCn1nc(C)c(Cl)c1CNC(C)Cc1ccccc1. The minimum atomic E-state index is 0.397. The molecule has 0 aliphatic heterocycles. The number of rotatable bonds is 6. The zero-order chi connectivity index (χ0) is 14.5. The van der Waals surface area contributed by atoms with Crippen molar-refractivity contribution >= 4 is 11.6 Å². The molecule has 0 fully saturated rings. The topological polar surface area (TPSA) is 29.9 Å². The van der Waals surface area contributed by atoms with Gasteiger partial charge in [-0.2, -0.15) is 5.10 Å². The van der Waals surface area contributed by atoms with Gasteiger partial charge in [-0.15, -0.1) is 0 Å². The molecule has 20 heavy (non-hydrogen) atoms. The Bertz CT molecular complexity index is 548. The summed E-state index contributed by atoms with van der Waals surface area (Å²) in [4.78, 5) is 0. The first-order valence-corrected chi connectivity index (χ1v) is 7.48. The van der Waals surface area contributed by atoms with Gasteiger partial charge in [0.25, 0.3) is 0 Å². The van der Waals surface area contributed by atoms with Gasteiger partial charge in [0.05, 0.1) is 16.4 Å². The molecule has 3 nitrogen and oxygen atoms in total. The summed E-state index contributed by atoms with van der Waals surface area (Å²) in [6.45, 7) is 7.82. The van der Waals surface area contributed by atoms with Gasteiger partial charge in [-0.1, -0.05) is 41.9 Å². The minimum absolute atomic E-state index is 0.397. The molecule has 1 atom stereocenters. The van der Waals surface area contributed by atoms with E-state index in [0.29, 0.717) is 6.04 Å². The monoisotopic (exact) mass is 291 g/mol. The molecule has 0 spiro atoms. The standard InChI is InChI=1S/C16H22ClN3/c1-4-20-15(16(17)13(3)19-20)11-18-12(2)10-14-8-6-5-7-9-14/h5-9,12,18H,4,10-11H2,1-3H3. The van der Waals surface area contributed by atoms with Gasteiger partial charge in [0, 0.05) is 19.1 Å². The molecule has 0 saturated heterocycles. The van der Waals surface area contributed by atoms with Crippen molar-refractivity contribution in [2.75, 3.05) is 0 Å². The highest BCUT2D eigenvalue weighted by Crippen LogP contribution is 2.20. The quantitative estimate of drug-likeness (QED) is 0.881. The van der Waals surface area contributed by atoms with Crippen LogP contribution in [-0.2, 0) is 19.5 Å². The van der Waals surface area contributed by atoms with E-state index in [1.54, 1.807) is 0 Å². The third-order valence-corrected chi connectivity index (χ3v) is 3.95. The largest absolute Gasteiger partial charge is 0.308 e. The van der Waals surface area contributed by atoms with E-state index in [4.69, 9.17) is 11.6 Å². The highest BCUT2D eigenvalue weighted by atomic mass is 35.5. The predicted octanol–water partition coefficient (Wildman–Crippen LogP) is 3.59. The zero-order valence-corrected chi connectivity index (χ0v) is 13.1. The third-order valence-electron chi connectivity index (χ3n) is 3.46. The van der Waals surface area contributed by atoms with Crippen LogP contribution in [0.25, 0.3) is 0 Å². The molecule has 1 heterocycles. The molecule has 0 saturated carbocycles. The molecule has 1 aromatic heterocycles. The summed E-state index contributed by atoms with van der Waals surface area (Å²) in [6.07, 6.45) is 1.01. The Morgan fingerprint density at radius 1 is 1.30 bits per heavy atom. The smallest absolute Gasteiger partial charge is 0.0860 e. The second kappa shape index (κ2) is 6.91. The Balaban J connectivity index is 1.95. The van der Waals surface area contributed by atoms with Gasteiger partial charge in [-0.05, 0) is 32.8 Å². The first-order chi connectivity index (χ1) is 9.61. The molecule has 0 radical (unpaired) electrons. The maximum atomic E-state index is 6.31.